The first-order chi connectivity index (χ1) is 13.7. The third kappa shape index (κ3) is 6.32. The van der Waals surface area contributed by atoms with Crippen molar-refractivity contribution in [3.63, 3.8) is 0 Å². The van der Waals surface area contributed by atoms with Gasteiger partial charge in [-0.25, -0.2) is 9.97 Å². The summed E-state index contributed by atoms with van der Waals surface area (Å²) >= 11 is 6.01. The number of nitrogens with zero attached hydrogens (tertiary/aromatic N) is 2. The van der Waals surface area contributed by atoms with Crippen molar-refractivity contribution in [1.29, 1.82) is 0 Å². The van der Waals surface area contributed by atoms with Crippen LogP contribution in [0.3, 0.4) is 0 Å². The largest absolute Gasteiger partial charge is 0.497 e. The molecule has 0 fully saturated rings. The minimum atomic E-state index is 0.522. The Kier molecular flexibility index (Phi) is 7.32. The number of hydrogen-bond donors (Lipinski definition) is 2. The minimum absolute atomic E-state index is 0.522. The van der Waals surface area contributed by atoms with E-state index in [0.717, 1.165) is 41.1 Å². The Hall–Kier alpha value is -2.99. The maximum absolute atomic E-state index is 6.01. The highest BCUT2D eigenvalue weighted by atomic mass is 35.5. The van der Waals surface area contributed by atoms with Crippen molar-refractivity contribution in [3.8, 4) is 11.5 Å². The molecule has 2 N–H and O–H groups in total. The number of benzene rings is 2. The van der Waals surface area contributed by atoms with E-state index >= 15 is 0 Å². The predicted octanol–water partition coefficient (Wildman–Crippen LogP) is 4.28. The van der Waals surface area contributed by atoms with Crippen molar-refractivity contribution in [2.75, 3.05) is 37.4 Å². The summed E-state index contributed by atoms with van der Waals surface area (Å²) in [5.41, 5.74) is 1.18. The van der Waals surface area contributed by atoms with Crippen LogP contribution in [0.4, 0.5) is 11.6 Å². The van der Waals surface area contributed by atoms with Gasteiger partial charge in [0.05, 0.1) is 13.7 Å². The lowest BCUT2D eigenvalue weighted by Crippen LogP contribution is -2.13. The summed E-state index contributed by atoms with van der Waals surface area (Å²) in [7, 11) is 1.64. The fourth-order valence-electron chi connectivity index (χ4n) is 2.60. The highest BCUT2D eigenvalue weighted by molar-refractivity contribution is 6.30. The van der Waals surface area contributed by atoms with Gasteiger partial charge in [0.15, 0.2) is 0 Å². The van der Waals surface area contributed by atoms with Crippen LogP contribution in [0.25, 0.3) is 0 Å². The molecular weight excluding hydrogens is 376 g/mol. The summed E-state index contributed by atoms with van der Waals surface area (Å²) in [6.07, 6.45) is 2.40. The van der Waals surface area contributed by atoms with Gasteiger partial charge in [-0.15, -0.1) is 0 Å². The van der Waals surface area contributed by atoms with Crippen LogP contribution in [0.1, 0.15) is 5.56 Å². The van der Waals surface area contributed by atoms with Gasteiger partial charge < -0.3 is 20.1 Å². The minimum Gasteiger partial charge on any atom is -0.497 e. The zero-order valence-corrected chi connectivity index (χ0v) is 16.4. The van der Waals surface area contributed by atoms with Crippen LogP contribution >= 0.6 is 11.6 Å². The summed E-state index contributed by atoms with van der Waals surface area (Å²) in [5.74, 6) is 3.13. The molecule has 0 aliphatic rings. The first kappa shape index (κ1) is 19.8. The van der Waals surface area contributed by atoms with E-state index in [9.17, 15) is 0 Å². The quantitative estimate of drug-likeness (QED) is 0.497. The van der Waals surface area contributed by atoms with Crippen molar-refractivity contribution >= 4 is 23.2 Å². The standard InChI is InChI=1S/C21H23ClN4O2/c1-27-18-5-7-19(8-6-18)28-12-11-24-21-14-20(25-15-26-21)23-10-9-16-3-2-4-17(22)13-16/h2-8,13-15H,9-12H2,1H3,(H2,23,24,25,26). The molecule has 0 spiro atoms. The van der Waals surface area contributed by atoms with Crippen LogP contribution in [-0.2, 0) is 6.42 Å². The van der Waals surface area contributed by atoms with E-state index in [1.165, 1.54) is 11.9 Å². The molecule has 28 heavy (non-hydrogen) atoms. The zero-order chi connectivity index (χ0) is 19.6. The number of aromatic nitrogens is 2. The summed E-state index contributed by atoms with van der Waals surface area (Å²) in [5, 5.41) is 7.29. The smallest absolute Gasteiger partial charge is 0.131 e. The van der Waals surface area contributed by atoms with Crippen molar-refractivity contribution < 1.29 is 9.47 Å². The summed E-state index contributed by atoms with van der Waals surface area (Å²) in [6, 6.07) is 17.2. The zero-order valence-electron chi connectivity index (χ0n) is 15.7. The molecule has 0 atom stereocenters. The number of hydrogen-bond acceptors (Lipinski definition) is 6. The molecule has 1 heterocycles. The Morgan fingerprint density at radius 2 is 1.61 bits per heavy atom. The van der Waals surface area contributed by atoms with Gasteiger partial charge >= 0.3 is 0 Å². The molecule has 0 radical (unpaired) electrons. The lowest BCUT2D eigenvalue weighted by atomic mass is 10.1. The number of anilines is 2. The highest BCUT2D eigenvalue weighted by Crippen LogP contribution is 2.17. The van der Waals surface area contributed by atoms with Gasteiger partial charge in [0.1, 0.15) is 36.1 Å². The van der Waals surface area contributed by atoms with E-state index in [2.05, 4.69) is 26.7 Å². The molecule has 0 unspecified atom stereocenters. The van der Waals surface area contributed by atoms with Crippen LogP contribution < -0.4 is 20.1 Å². The molecule has 0 aliphatic carbocycles. The number of halogens is 1. The van der Waals surface area contributed by atoms with Crippen LogP contribution in [-0.4, -0.2) is 36.8 Å². The number of rotatable bonds is 10. The second-order valence-corrected chi connectivity index (χ2v) is 6.48. The Bertz CT molecular complexity index is 874. The molecule has 7 heteroatoms. The van der Waals surface area contributed by atoms with Gasteiger partial charge in [0, 0.05) is 17.6 Å². The highest BCUT2D eigenvalue weighted by Gasteiger charge is 2.00. The molecule has 1 aromatic heterocycles. The van der Waals surface area contributed by atoms with E-state index in [0.29, 0.717) is 13.2 Å². The molecule has 0 aliphatic heterocycles. The van der Waals surface area contributed by atoms with E-state index in [-0.39, 0.29) is 0 Å². The Morgan fingerprint density at radius 1 is 0.893 bits per heavy atom. The first-order valence-electron chi connectivity index (χ1n) is 9.04. The van der Waals surface area contributed by atoms with Crippen LogP contribution in [0, 0.1) is 0 Å². The number of ether oxygens (including phenoxy) is 2. The first-order valence-corrected chi connectivity index (χ1v) is 9.42. The molecule has 2 aromatic carbocycles. The van der Waals surface area contributed by atoms with E-state index < -0.39 is 0 Å². The molecule has 0 saturated heterocycles. The lowest BCUT2D eigenvalue weighted by Gasteiger charge is -2.10. The second-order valence-electron chi connectivity index (χ2n) is 6.05. The molecule has 0 bridgehead atoms. The number of methoxy groups -OCH3 is 1. The molecular formula is C21H23ClN4O2. The van der Waals surface area contributed by atoms with Gasteiger partial charge in [-0.05, 0) is 48.4 Å². The number of nitrogens with one attached hydrogen (secondary N) is 2. The average Bonchev–Trinajstić information content (AvgIpc) is 2.72. The third-order valence-electron chi connectivity index (χ3n) is 4.01. The Morgan fingerprint density at radius 3 is 2.32 bits per heavy atom. The molecule has 3 aromatic rings. The van der Waals surface area contributed by atoms with Gasteiger partial charge in [-0.3, -0.25) is 0 Å². The monoisotopic (exact) mass is 398 g/mol. The maximum atomic E-state index is 6.01. The predicted molar refractivity (Wildman–Crippen MR) is 113 cm³/mol. The summed E-state index contributed by atoms with van der Waals surface area (Å²) in [4.78, 5) is 8.48. The van der Waals surface area contributed by atoms with E-state index in [4.69, 9.17) is 21.1 Å². The van der Waals surface area contributed by atoms with Crippen LogP contribution in [0.5, 0.6) is 11.5 Å². The topological polar surface area (TPSA) is 68.3 Å². The van der Waals surface area contributed by atoms with Crippen molar-refractivity contribution in [1.82, 2.24) is 9.97 Å². The maximum Gasteiger partial charge on any atom is 0.131 e. The summed E-state index contributed by atoms with van der Waals surface area (Å²) < 4.78 is 10.8. The van der Waals surface area contributed by atoms with Gasteiger partial charge in [0.25, 0.3) is 0 Å². The SMILES string of the molecule is COc1ccc(OCCNc2cc(NCCc3cccc(Cl)c3)ncn2)cc1. The lowest BCUT2D eigenvalue weighted by molar-refractivity contribution is 0.331. The van der Waals surface area contributed by atoms with Crippen molar-refractivity contribution in [2.45, 2.75) is 6.42 Å². The molecule has 0 amide bonds. The molecule has 146 valence electrons. The second kappa shape index (κ2) is 10.4. The summed E-state index contributed by atoms with van der Waals surface area (Å²) in [6.45, 7) is 1.91. The fraction of sp³-hybridized carbons (Fsp3) is 0.238. The van der Waals surface area contributed by atoms with E-state index in [1.54, 1.807) is 7.11 Å². The Balaban J connectivity index is 1.40. The van der Waals surface area contributed by atoms with Crippen molar-refractivity contribution in [2.24, 2.45) is 0 Å². The third-order valence-corrected chi connectivity index (χ3v) is 4.25. The molecule has 0 saturated carbocycles. The normalized spacial score (nSPS) is 10.4. The van der Waals surface area contributed by atoms with Crippen LogP contribution in [0.2, 0.25) is 5.02 Å². The van der Waals surface area contributed by atoms with Gasteiger partial charge in [-0.2, -0.15) is 0 Å². The van der Waals surface area contributed by atoms with Crippen LogP contribution in [0.15, 0.2) is 60.9 Å². The van der Waals surface area contributed by atoms with Gasteiger partial charge in [0.2, 0.25) is 0 Å². The van der Waals surface area contributed by atoms with Crippen molar-refractivity contribution in [3.05, 3.63) is 71.5 Å². The Labute approximate surface area is 169 Å². The van der Waals surface area contributed by atoms with Gasteiger partial charge in [-0.1, -0.05) is 23.7 Å². The molecule has 3 rings (SSSR count). The molecule has 6 nitrogen and oxygen atoms in total. The average molecular weight is 399 g/mol. The van der Waals surface area contributed by atoms with E-state index in [1.807, 2.05) is 48.5 Å². The fourth-order valence-corrected chi connectivity index (χ4v) is 2.81.